The van der Waals surface area contributed by atoms with Crippen LogP contribution in [-0.4, -0.2) is 23.2 Å². The molecule has 0 aliphatic carbocycles. The van der Waals surface area contributed by atoms with Gasteiger partial charge in [-0.15, -0.1) is 0 Å². The predicted molar refractivity (Wildman–Crippen MR) is 47.7 cm³/mol. The highest BCUT2D eigenvalue weighted by Gasteiger charge is 2.20. The maximum Gasteiger partial charge on any atom is 0.309 e. The minimum Gasteiger partial charge on any atom is -0.469 e. The van der Waals surface area contributed by atoms with Crippen LogP contribution in [0, 0.1) is 5.92 Å². The average Bonchev–Trinajstić information content (AvgIpc) is 2.00. The van der Waals surface area contributed by atoms with E-state index in [1.165, 1.54) is 7.11 Å². The van der Waals surface area contributed by atoms with Crippen molar-refractivity contribution in [2.24, 2.45) is 5.92 Å². The third-order valence-corrected chi connectivity index (χ3v) is 3.95. The van der Waals surface area contributed by atoms with Crippen molar-refractivity contribution in [3.8, 4) is 0 Å². The second kappa shape index (κ2) is 5.13. The fourth-order valence-electron chi connectivity index (χ4n) is 0.467. The normalized spacial score (nSPS) is 16.0. The van der Waals surface area contributed by atoms with Crippen LogP contribution in [0.4, 0.5) is 0 Å². The molecule has 2 nitrogen and oxygen atoms in total. The molecule has 0 aromatic carbocycles. The zero-order chi connectivity index (χ0) is 8.15. The summed E-state index contributed by atoms with van der Waals surface area (Å²) in [4.78, 5) is 11.0. The first-order valence-corrected chi connectivity index (χ1v) is 4.95. The lowest BCUT2D eigenvalue weighted by molar-refractivity contribution is -0.144. The second-order valence-electron chi connectivity index (χ2n) is 1.98. The van der Waals surface area contributed by atoms with Crippen molar-refractivity contribution < 1.29 is 9.53 Å². The monoisotopic (exact) mass is 272 g/mol. The summed E-state index contributed by atoms with van der Waals surface area (Å²) in [5, 5.41) is 0.753. The molecule has 0 rings (SSSR count). The summed E-state index contributed by atoms with van der Waals surface area (Å²) < 4.78 is 4.55. The molecule has 4 heteroatoms. The topological polar surface area (TPSA) is 26.3 Å². The number of methoxy groups -OCH3 is 1. The molecule has 2 unspecified atom stereocenters. The number of carbonyl (C=O) groups excluding carboxylic acids is 1. The highest BCUT2D eigenvalue weighted by molar-refractivity contribution is 9.12. The van der Waals surface area contributed by atoms with E-state index in [9.17, 15) is 4.79 Å². The summed E-state index contributed by atoms with van der Waals surface area (Å²) in [5.41, 5.74) is 0. The number of hydrogen-bond donors (Lipinski definition) is 0. The van der Waals surface area contributed by atoms with Gasteiger partial charge in [0.05, 0.1) is 13.0 Å². The number of halogens is 2. The first-order valence-electron chi connectivity index (χ1n) is 2.91. The third-order valence-electron chi connectivity index (χ3n) is 1.26. The van der Waals surface area contributed by atoms with Crippen molar-refractivity contribution in [1.82, 2.24) is 0 Å². The number of carbonyl (C=O) groups is 1. The summed E-state index contributed by atoms with van der Waals surface area (Å²) in [6.45, 7) is 1.83. The smallest absolute Gasteiger partial charge is 0.309 e. The summed E-state index contributed by atoms with van der Waals surface area (Å²) in [6, 6.07) is 0. The lowest BCUT2D eigenvalue weighted by Gasteiger charge is -2.12. The van der Waals surface area contributed by atoms with E-state index in [2.05, 4.69) is 36.6 Å². The maximum absolute atomic E-state index is 10.8. The summed E-state index contributed by atoms with van der Waals surface area (Å²) in [5.74, 6) is -0.272. The molecule has 0 aromatic rings. The molecule has 2 atom stereocenters. The van der Waals surface area contributed by atoms with Crippen LogP contribution in [0.15, 0.2) is 0 Å². The van der Waals surface area contributed by atoms with Crippen LogP contribution in [0.25, 0.3) is 0 Å². The van der Waals surface area contributed by atoms with Crippen LogP contribution in [0.3, 0.4) is 0 Å². The number of alkyl halides is 2. The van der Waals surface area contributed by atoms with Gasteiger partial charge >= 0.3 is 5.97 Å². The van der Waals surface area contributed by atoms with Crippen molar-refractivity contribution in [3.63, 3.8) is 0 Å². The zero-order valence-electron chi connectivity index (χ0n) is 5.93. The SMILES string of the molecule is COC(=O)C(C)C(Br)CBr. The highest BCUT2D eigenvalue weighted by Crippen LogP contribution is 2.15. The molecule has 0 fully saturated rings. The number of ether oxygens (including phenoxy) is 1. The number of esters is 1. The minimum atomic E-state index is -0.179. The largest absolute Gasteiger partial charge is 0.469 e. The molecule has 0 bridgehead atoms. The summed E-state index contributed by atoms with van der Waals surface area (Å²) in [6.07, 6.45) is 0. The van der Waals surface area contributed by atoms with Crippen LogP contribution < -0.4 is 0 Å². The Hall–Kier alpha value is 0.430. The van der Waals surface area contributed by atoms with Gasteiger partial charge in [0.2, 0.25) is 0 Å². The van der Waals surface area contributed by atoms with E-state index in [4.69, 9.17) is 0 Å². The van der Waals surface area contributed by atoms with E-state index in [1.54, 1.807) is 0 Å². The molecule has 0 N–H and O–H groups in total. The van der Waals surface area contributed by atoms with E-state index >= 15 is 0 Å². The fourth-order valence-corrected chi connectivity index (χ4v) is 1.24. The molecule has 10 heavy (non-hydrogen) atoms. The number of rotatable bonds is 3. The molecular formula is C6H10Br2O2. The lowest BCUT2D eigenvalue weighted by Crippen LogP contribution is -2.23. The zero-order valence-corrected chi connectivity index (χ0v) is 9.11. The van der Waals surface area contributed by atoms with E-state index in [0.717, 1.165) is 5.33 Å². The first kappa shape index (κ1) is 10.4. The molecule has 0 saturated heterocycles. The van der Waals surface area contributed by atoms with Gasteiger partial charge < -0.3 is 4.74 Å². The molecule has 0 saturated carbocycles. The highest BCUT2D eigenvalue weighted by atomic mass is 79.9. The van der Waals surface area contributed by atoms with Crippen LogP contribution >= 0.6 is 31.9 Å². The molecule has 0 aliphatic rings. The van der Waals surface area contributed by atoms with Gasteiger partial charge in [0, 0.05) is 10.2 Å². The Morgan fingerprint density at radius 1 is 1.70 bits per heavy atom. The van der Waals surface area contributed by atoms with Gasteiger partial charge in [0.1, 0.15) is 0 Å². The molecule has 0 aromatic heterocycles. The Morgan fingerprint density at radius 2 is 2.20 bits per heavy atom. The second-order valence-corrected chi connectivity index (χ2v) is 3.81. The van der Waals surface area contributed by atoms with E-state index in [0.29, 0.717) is 0 Å². The molecular weight excluding hydrogens is 264 g/mol. The molecule has 0 aliphatic heterocycles. The van der Waals surface area contributed by atoms with Gasteiger partial charge in [-0.1, -0.05) is 38.8 Å². The molecule has 0 heterocycles. The van der Waals surface area contributed by atoms with Gasteiger partial charge in [-0.05, 0) is 0 Å². The quantitative estimate of drug-likeness (QED) is 0.580. The molecule has 60 valence electrons. The Balaban J connectivity index is 3.81. The predicted octanol–water partition coefficient (Wildman–Crippen LogP) is 1.95. The van der Waals surface area contributed by atoms with Gasteiger partial charge in [-0.3, -0.25) is 4.79 Å². The summed E-state index contributed by atoms with van der Waals surface area (Å²) in [7, 11) is 1.40. The Bertz CT molecular complexity index is 116. The summed E-state index contributed by atoms with van der Waals surface area (Å²) >= 11 is 6.59. The van der Waals surface area contributed by atoms with E-state index < -0.39 is 0 Å². The number of hydrogen-bond acceptors (Lipinski definition) is 2. The van der Waals surface area contributed by atoms with Gasteiger partial charge in [0.25, 0.3) is 0 Å². The Morgan fingerprint density at radius 3 is 2.50 bits per heavy atom. The van der Waals surface area contributed by atoms with Crippen molar-refractivity contribution in [2.75, 3.05) is 12.4 Å². The third kappa shape index (κ3) is 3.01. The maximum atomic E-state index is 10.8. The van der Waals surface area contributed by atoms with Gasteiger partial charge in [0.15, 0.2) is 0 Å². The molecule has 0 spiro atoms. The van der Waals surface area contributed by atoms with Crippen LogP contribution in [0.5, 0.6) is 0 Å². The van der Waals surface area contributed by atoms with E-state index in [-0.39, 0.29) is 16.7 Å². The van der Waals surface area contributed by atoms with Crippen molar-refractivity contribution in [1.29, 1.82) is 0 Å². The van der Waals surface area contributed by atoms with Crippen LogP contribution in [0.1, 0.15) is 6.92 Å². The van der Waals surface area contributed by atoms with Crippen LogP contribution in [0.2, 0.25) is 0 Å². The van der Waals surface area contributed by atoms with Crippen molar-refractivity contribution in [3.05, 3.63) is 0 Å². The minimum absolute atomic E-state index is 0.0932. The molecule has 0 radical (unpaired) electrons. The standard InChI is InChI=1S/C6H10Br2O2/c1-4(5(8)3-7)6(9)10-2/h4-5H,3H2,1-2H3. The average molecular weight is 274 g/mol. The molecule has 0 amide bonds. The van der Waals surface area contributed by atoms with Crippen molar-refractivity contribution in [2.45, 2.75) is 11.8 Å². The fraction of sp³-hybridized carbons (Fsp3) is 0.833. The van der Waals surface area contributed by atoms with Crippen molar-refractivity contribution >= 4 is 37.8 Å². The Labute approximate surface area is 77.6 Å². The lowest BCUT2D eigenvalue weighted by atomic mass is 10.1. The van der Waals surface area contributed by atoms with Gasteiger partial charge in [-0.2, -0.15) is 0 Å². The van der Waals surface area contributed by atoms with E-state index in [1.807, 2.05) is 6.92 Å². The van der Waals surface area contributed by atoms with Crippen LogP contribution in [-0.2, 0) is 9.53 Å². The van der Waals surface area contributed by atoms with Gasteiger partial charge in [-0.25, -0.2) is 0 Å². The Kier molecular flexibility index (Phi) is 5.35. The first-order chi connectivity index (χ1) is 4.63.